The number of hydrogen-bond acceptors (Lipinski definition) is 3. The van der Waals surface area contributed by atoms with Gasteiger partial charge in [0.2, 0.25) is 5.91 Å². The van der Waals surface area contributed by atoms with Gasteiger partial charge in [-0.1, -0.05) is 26.0 Å². The molecule has 0 bridgehead atoms. The van der Waals surface area contributed by atoms with Crippen molar-refractivity contribution in [1.82, 2.24) is 0 Å². The summed E-state index contributed by atoms with van der Waals surface area (Å²) in [6.45, 7) is 7.98. The molecule has 0 radical (unpaired) electrons. The first-order valence-electron chi connectivity index (χ1n) is 6.72. The van der Waals surface area contributed by atoms with E-state index in [1.807, 2.05) is 52.0 Å². The van der Waals surface area contributed by atoms with Gasteiger partial charge in [0, 0.05) is 0 Å². The Hall–Kier alpha value is -1.55. The number of hydrogen-bond donors (Lipinski definition) is 2. The summed E-state index contributed by atoms with van der Waals surface area (Å²) < 4.78 is 5.65. The fourth-order valence-electron chi connectivity index (χ4n) is 1.77. The molecular weight excluding hydrogens is 240 g/mol. The highest BCUT2D eigenvalue weighted by molar-refractivity contribution is 5.95. The van der Waals surface area contributed by atoms with Crippen molar-refractivity contribution in [1.29, 1.82) is 0 Å². The van der Waals surface area contributed by atoms with Crippen molar-refractivity contribution < 1.29 is 9.53 Å². The molecule has 0 heterocycles. The first kappa shape index (κ1) is 15.5. The van der Waals surface area contributed by atoms with Crippen LogP contribution >= 0.6 is 0 Å². The Kier molecular flexibility index (Phi) is 5.83. The van der Waals surface area contributed by atoms with E-state index in [2.05, 4.69) is 5.32 Å². The Morgan fingerprint density at radius 2 is 1.89 bits per heavy atom. The van der Waals surface area contributed by atoms with Gasteiger partial charge < -0.3 is 15.8 Å². The standard InChI is InChI=1S/C15H24N2O2/c1-10(2)9-12(16)15(18)17-13-7-5-6-8-14(13)19-11(3)4/h5-8,10-12H,9,16H2,1-4H3,(H,17,18)/t12-/m0/s1. The molecule has 0 aliphatic heterocycles. The largest absolute Gasteiger partial charge is 0.489 e. The maximum atomic E-state index is 12.0. The first-order valence-corrected chi connectivity index (χ1v) is 6.72. The van der Waals surface area contributed by atoms with E-state index < -0.39 is 6.04 Å². The predicted octanol–water partition coefficient (Wildman–Crippen LogP) is 2.79. The van der Waals surface area contributed by atoms with Gasteiger partial charge >= 0.3 is 0 Å². The zero-order valence-corrected chi connectivity index (χ0v) is 12.1. The Bertz CT molecular complexity index is 416. The molecule has 0 aliphatic rings. The molecule has 0 fully saturated rings. The molecular formula is C15H24N2O2. The third kappa shape index (κ3) is 5.30. The van der Waals surface area contributed by atoms with Crippen molar-refractivity contribution in [2.24, 2.45) is 11.7 Å². The van der Waals surface area contributed by atoms with Crippen molar-refractivity contribution in [3.05, 3.63) is 24.3 Å². The summed E-state index contributed by atoms with van der Waals surface area (Å²) in [6, 6.07) is 6.89. The van der Waals surface area contributed by atoms with E-state index in [-0.39, 0.29) is 12.0 Å². The van der Waals surface area contributed by atoms with Crippen molar-refractivity contribution in [3.8, 4) is 5.75 Å². The molecule has 4 heteroatoms. The summed E-state index contributed by atoms with van der Waals surface area (Å²) in [4.78, 5) is 12.0. The van der Waals surface area contributed by atoms with Gasteiger partial charge in [0.25, 0.3) is 0 Å². The minimum atomic E-state index is -0.493. The molecule has 0 saturated heterocycles. The fourth-order valence-corrected chi connectivity index (χ4v) is 1.77. The van der Waals surface area contributed by atoms with Crippen molar-refractivity contribution in [2.45, 2.75) is 46.3 Å². The van der Waals surface area contributed by atoms with E-state index in [1.54, 1.807) is 0 Å². The average Bonchev–Trinajstić information content (AvgIpc) is 2.30. The van der Waals surface area contributed by atoms with E-state index in [4.69, 9.17) is 10.5 Å². The molecule has 3 N–H and O–H groups in total. The molecule has 19 heavy (non-hydrogen) atoms. The molecule has 4 nitrogen and oxygen atoms in total. The highest BCUT2D eigenvalue weighted by Gasteiger charge is 2.16. The molecule has 1 rings (SSSR count). The highest BCUT2D eigenvalue weighted by atomic mass is 16.5. The van der Waals surface area contributed by atoms with Gasteiger partial charge in [-0.05, 0) is 38.3 Å². The number of anilines is 1. The molecule has 0 aromatic heterocycles. The first-order chi connectivity index (χ1) is 8.90. The lowest BCUT2D eigenvalue weighted by atomic mass is 10.0. The minimum absolute atomic E-state index is 0.0578. The van der Waals surface area contributed by atoms with Crippen LogP contribution in [0.5, 0.6) is 5.75 Å². The number of rotatable bonds is 6. The van der Waals surface area contributed by atoms with Gasteiger partial charge in [-0.2, -0.15) is 0 Å². The summed E-state index contributed by atoms with van der Waals surface area (Å²) in [5.41, 5.74) is 6.53. The Morgan fingerprint density at radius 1 is 1.26 bits per heavy atom. The second-order valence-electron chi connectivity index (χ2n) is 5.39. The van der Waals surface area contributed by atoms with Crippen LogP contribution in [0.4, 0.5) is 5.69 Å². The predicted molar refractivity (Wildman–Crippen MR) is 78.3 cm³/mol. The molecule has 1 aromatic rings. The fraction of sp³-hybridized carbons (Fsp3) is 0.533. The molecule has 0 aliphatic carbocycles. The molecule has 1 atom stereocenters. The van der Waals surface area contributed by atoms with Gasteiger partial charge in [0.15, 0.2) is 0 Å². The number of nitrogens with one attached hydrogen (secondary N) is 1. The van der Waals surface area contributed by atoms with Crippen LogP contribution in [-0.2, 0) is 4.79 Å². The number of amides is 1. The van der Waals surface area contributed by atoms with Crippen LogP contribution in [0, 0.1) is 5.92 Å². The summed E-state index contributed by atoms with van der Waals surface area (Å²) >= 11 is 0. The monoisotopic (exact) mass is 264 g/mol. The van der Waals surface area contributed by atoms with Crippen LogP contribution in [0.2, 0.25) is 0 Å². The summed E-state index contributed by atoms with van der Waals surface area (Å²) in [5.74, 6) is 0.888. The van der Waals surface area contributed by atoms with Crippen molar-refractivity contribution >= 4 is 11.6 Å². The van der Waals surface area contributed by atoms with E-state index in [0.29, 0.717) is 23.8 Å². The number of nitrogens with two attached hydrogens (primary N) is 1. The summed E-state index contributed by atoms with van der Waals surface area (Å²) in [5, 5.41) is 2.83. The lowest BCUT2D eigenvalue weighted by Gasteiger charge is -2.17. The quantitative estimate of drug-likeness (QED) is 0.830. The van der Waals surface area contributed by atoms with Crippen molar-refractivity contribution in [3.63, 3.8) is 0 Å². The summed E-state index contributed by atoms with van der Waals surface area (Å²) in [7, 11) is 0. The summed E-state index contributed by atoms with van der Waals surface area (Å²) in [6.07, 6.45) is 0.723. The van der Waals surface area contributed by atoms with Crippen LogP contribution < -0.4 is 15.8 Å². The third-order valence-corrected chi connectivity index (χ3v) is 2.57. The molecule has 106 valence electrons. The third-order valence-electron chi connectivity index (χ3n) is 2.57. The highest BCUT2D eigenvalue weighted by Crippen LogP contribution is 2.25. The normalized spacial score (nSPS) is 12.6. The topological polar surface area (TPSA) is 64.4 Å². The second-order valence-corrected chi connectivity index (χ2v) is 5.39. The Balaban J connectivity index is 2.73. The van der Waals surface area contributed by atoms with E-state index in [9.17, 15) is 4.79 Å². The Labute approximate surface area is 115 Å². The molecule has 1 aromatic carbocycles. The van der Waals surface area contributed by atoms with Crippen LogP contribution in [0.3, 0.4) is 0 Å². The van der Waals surface area contributed by atoms with Crippen LogP contribution in [0.15, 0.2) is 24.3 Å². The molecule has 0 unspecified atom stereocenters. The van der Waals surface area contributed by atoms with Crippen LogP contribution in [0.1, 0.15) is 34.1 Å². The van der Waals surface area contributed by atoms with Gasteiger partial charge in [-0.15, -0.1) is 0 Å². The SMILES string of the molecule is CC(C)C[C@H](N)C(=O)Nc1ccccc1OC(C)C. The van der Waals surface area contributed by atoms with E-state index >= 15 is 0 Å². The lowest BCUT2D eigenvalue weighted by Crippen LogP contribution is -2.36. The smallest absolute Gasteiger partial charge is 0.241 e. The number of benzene rings is 1. The number of para-hydroxylation sites is 2. The van der Waals surface area contributed by atoms with Gasteiger partial charge in [0.05, 0.1) is 17.8 Å². The van der Waals surface area contributed by atoms with Gasteiger partial charge in [0.1, 0.15) is 5.75 Å². The van der Waals surface area contributed by atoms with Gasteiger partial charge in [-0.3, -0.25) is 4.79 Å². The number of ether oxygens (including phenoxy) is 1. The van der Waals surface area contributed by atoms with Crippen molar-refractivity contribution in [2.75, 3.05) is 5.32 Å². The molecule has 0 saturated carbocycles. The number of carbonyl (C=O) groups is 1. The lowest BCUT2D eigenvalue weighted by molar-refractivity contribution is -0.117. The van der Waals surface area contributed by atoms with Crippen LogP contribution in [0.25, 0.3) is 0 Å². The Morgan fingerprint density at radius 3 is 2.47 bits per heavy atom. The maximum Gasteiger partial charge on any atom is 0.241 e. The van der Waals surface area contributed by atoms with Gasteiger partial charge in [-0.25, -0.2) is 0 Å². The second kappa shape index (κ2) is 7.14. The minimum Gasteiger partial charge on any atom is -0.489 e. The van der Waals surface area contributed by atoms with Crippen LogP contribution in [-0.4, -0.2) is 18.1 Å². The maximum absolute atomic E-state index is 12.0. The molecule has 0 spiro atoms. The zero-order valence-electron chi connectivity index (χ0n) is 12.1. The number of carbonyl (C=O) groups excluding carboxylic acids is 1. The van der Waals surface area contributed by atoms with E-state index in [0.717, 1.165) is 0 Å². The average molecular weight is 264 g/mol. The zero-order chi connectivity index (χ0) is 14.4. The molecule has 1 amide bonds. The van der Waals surface area contributed by atoms with E-state index in [1.165, 1.54) is 0 Å².